The van der Waals surface area contributed by atoms with E-state index in [-0.39, 0.29) is 23.0 Å². The third-order valence-corrected chi connectivity index (χ3v) is 7.47. The molecule has 166 valence electrons. The Morgan fingerprint density at radius 3 is 2.74 bits per heavy atom. The highest BCUT2D eigenvalue weighted by Crippen LogP contribution is 2.46. The number of hydrogen-bond acceptors (Lipinski definition) is 6. The number of ether oxygens (including phenoxy) is 1. The molecule has 1 aromatic heterocycles. The van der Waals surface area contributed by atoms with Crippen molar-refractivity contribution in [2.75, 3.05) is 33.3 Å². The van der Waals surface area contributed by atoms with Gasteiger partial charge in [-0.05, 0) is 37.5 Å². The van der Waals surface area contributed by atoms with Gasteiger partial charge in [0, 0.05) is 50.6 Å². The lowest BCUT2D eigenvalue weighted by Gasteiger charge is -2.41. The number of rotatable bonds is 4. The Labute approximate surface area is 181 Å². The van der Waals surface area contributed by atoms with Gasteiger partial charge in [-0.25, -0.2) is 4.39 Å². The monoisotopic (exact) mass is 428 g/mol. The Hall–Kier alpha value is -2.48. The summed E-state index contributed by atoms with van der Waals surface area (Å²) in [7, 11) is 1.42. The minimum atomic E-state index is -0.519. The van der Waals surface area contributed by atoms with E-state index in [1.807, 2.05) is 11.8 Å². The number of benzene rings is 1. The van der Waals surface area contributed by atoms with Gasteiger partial charge in [-0.15, -0.1) is 10.2 Å². The summed E-state index contributed by atoms with van der Waals surface area (Å²) in [5.74, 6) is 0.982. The quantitative estimate of drug-likeness (QED) is 0.745. The fraction of sp³-hybridized carbons (Fsp3) is 0.609. The van der Waals surface area contributed by atoms with Crippen LogP contribution in [0, 0.1) is 18.7 Å². The fourth-order valence-corrected chi connectivity index (χ4v) is 5.78. The molecule has 0 radical (unpaired) electrons. The van der Waals surface area contributed by atoms with Gasteiger partial charge in [0.25, 0.3) is 5.91 Å². The highest BCUT2D eigenvalue weighted by atomic mass is 19.1. The first-order valence-electron chi connectivity index (χ1n) is 11.2. The number of aromatic nitrogens is 2. The van der Waals surface area contributed by atoms with Crippen LogP contribution in [0.15, 0.2) is 22.6 Å². The van der Waals surface area contributed by atoms with Crippen LogP contribution in [-0.2, 0) is 5.41 Å². The number of carbonyl (C=O) groups excluding carboxylic acids is 1. The van der Waals surface area contributed by atoms with Crippen LogP contribution in [0.3, 0.4) is 0 Å². The van der Waals surface area contributed by atoms with Gasteiger partial charge in [0.2, 0.25) is 11.8 Å². The predicted octanol–water partition coefficient (Wildman–Crippen LogP) is 3.18. The number of hydrogen-bond donors (Lipinski definition) is 0. The van der Waals surface area contributed by atoms with Crippen molar-refractivity contribution < 1.29 is 18.3 Å². The number of methoxy groups -OCH3 is 1. The summed E-state index contributed by atoms with van der Waals surface area (Å²) in [6.07, 6.45) is 5.81. The Bertz CT molecular complexity index is 973. The molecule has 3 fully saturated rings. The van der Waals surface area contributed by atoms with Crippen LogP contribution in [0.25, 0.3) is 0 Å². The van der Waals surface area contributed by atoms with E-state index in [0.717, 1.165) is 19.5 Å². The lowest BCUT2D eigenvalue weighted by atomic mass is 9.72. The fourth-order valence-electron chi connectivity index (χ4n) is 5.78. The highest BCUT2D eigenvalue weighted by molar-refractivity contribution is 5.94. The molecule has 2 aromatic rings. The van der Waals surface area contributed by atoms with Gasteiger partial charge in [0.1, 0.15) is 0 Å². The van der Waals surface area contributed by atoms with E-state index in [1.165, 1.54) is 44.9 Å². The van der Waals surface area contributed by atoms with E-state index >= 15 is 0 Å². The average Bonchev–Trinajstić information content (AvgIpc) is 3.52. The van der Waals surface area contributed by atoms with Crippen molar-refractivity contribution in [1.82, 2.24) is 20.0 Å². The maximum atomic E-state index is 14.2. The molecule has 2 aliphatic heterocycles. The van der Waals surface area contributed by atoms with Crippen molar-refractivity contribution in [3.8, 4) is 5.75 Å². The van der Waals surface area contributed by atoms with Crippen LogP contribution < -0.4 is 4.74 Å². The van der Waals surface area contributed by atoms with Gasteiger partial charge >= 0.3 is 0 Å². The van der Waals surface area contributed by atoms with Crippen LogP contribution in [-0.4, -0.2) is 65.2 Å². The molecule has 0 unspecified atom stereocenters. The molecule has 1 aromatic carbocycles. The summed E-state index contributed by atoms with van der Waals surface area (Å²) >= 11 is 0. The largest absolute Gasteiger partial charge is 0.494 e. The molecule has 8 heteroatoms. The van der Waals surface area contributed by atoms with Gasteiger partial charge in [-0.1, -0.05) is 12.8 Å². The van der Waals surface area contributed by atoms with E-state index in [9.17, 15) is 9.18 Å². The van der Waals surface area contributed by atoms with Crippen molar-refractivity contribution in [2.45, 2.75) is 50.5 Å². The minimum Gasteiger partial charge on any atom is -0.494 e. The summed E-state index contributed by atoms with van der Waals surface area (Å²) in [4.78, 5) is 17.6. The number of halogens is 1. The normalized spacial score (nSPS) is 26.9. The summed E-state index contributed by atoms with van der Waals surface area (Å²) in [6.45, 7) is 4.85. The lowest BCUT2D eigenvalue weighted by molar-refractivity contribution is 0.0567. The van der Waals surface area contributed by atoms with Gasteiger partial charge in [0.15, 0.2) is 11.6 Å². The van der Waals surface area contributed by atoms with E-state index in [2.05, 4.69) is 15.1 Å². The lowest BCUT2D eigenvalue weighted by Crippen LogP contribution is -2.51. The van der Waals surface area contributed by atoms with E-state index in [4.69, 9.17) is 9.15 Å². The van der Waals surface area contributed by atoms with Gasteiger partial charge in [-0.3, -0.25) is 9.69 Å². The summed E-state index contributed by atoms with van der Waals surface area (Å²) in [5.41, 5.74) is 0.135. The number of aryl methyl sites for hydroxylation is 1. The van der Waals surface area contributed by atoms with Crippen molar-refractivity contribution in [1.29, 1.82) is 0 Å². The Kier molecular flexibility index (Phi) is 5.20. The van der Waals surface area contributed by atoms with Crippen molar-refractivity contribution in [3.63, 3.8) is 0 Å². The van der Waals surface area contributed by atoms with Crippen LogP contribution in [0.2, 0.25) is 0 Å². The molecular formula is C23H29FN4O3. The van der Waals surface area contributed by atoms with Crippen LogP contribution in [0.1, 0.15) is 54.2 Å². The molecule has 0 N–H and O–H groups in total. The van der Waals surface area contributed by atoms with Crippen LogP contribution >= 0.6 is 0 Å². The molecule has 2 atom stereocenters. The molecule has 1 amide bonds. The summed E-state index contributed by atoms with van der Waals surface area (Å²) in [5, 5.41) is 8.51. The second-order valence-electron chi connectivity index (χ2n) is 9.20. The minimum absolute atomic E-state index is 0.142. The van der Waals surface area contributed by atoms with E-state index in [0.29, 0.717) is 36.5 Å². The van der Waals surface area contributed by atoms with Crippen molar-refractivity contribution in [3.05, 3.63) is 41.4 Å². The topological polar surface area (TPSA) is 71.7 Å². The van der Waals surface area contributed by atoms with Crippen molar-refractivity contribution in [2.24, 2.45) is 5.92 Å². The predicted molar refractivity (Wildman–Crippen MR) is 112 cm³/mol. The highest BCUT2D eigenvalue weighted by Gasteiger charge is 2.55. The molecule has 1 aliphatic carbocycles. The maximum absolute atomic E-state index is 14.2. The Morgan fingerprint density at radius 1 is 1.26 bits per heavy atom. The smallest absolute Gasteiger partial charge is 0.253 e. The first kappa shape index (κ1) is 20.4. The second kappa shape index (κ2) is 7.89. The third kappa shape index (κ3) is 3.50. The number of likely N-dealkylation sites (tertiary alicyclic amines) is 2. The standard InChI is InChI=1S/C23H29FN4O3/c1-15-25-26-22(31-15)23-9-10-27(21(29)16-7-8-20(30-2)19(24)11-16)12-17(23)13-28(14-23)18-5-3-4-6-18/h7-8,11,17-18H,3-6,9-10,12-14H2,1-2H3/t17-,23-/m0/s1. The van der Waals surface area contributed by atoms with Crippen LogP contribution in [0.5, 0.6) is 5.75 Å². The zero-order valence-electron chi connectivity index (χ0n) is 18.1. The Morgan fingerprint density at radius 2 is 2.06 bits per heavy atom. The molecule has 5 rings (SSSR count). The first-order chi connectivity index (χ1) is 15.0. The zero-order chi connectivity index (χ0) is 21.6. The summed E-state index contributed by atoms with van der Waals surface area (Å²) in [6, 6.07) is 5.01. The molecule has 0 bridgehead atoms. The number of carbonyl (C=O) groups is 1. The maximum Gasteiger partial charge on any atom is 0.253 e. The molecule has 3 aliphatic rings. The average molecular weight is 429 g/mol. The molecule has 7 nitrogen and oxygen atoms in total. The molecule has 31 heavy (non-hydrogen) atoms. The van der Waals surface area contributed by atoms with Crippen LogP contribution in [0.4, 0.5) is 4.39 Å². The molecule has 2 saturated heterocycles. The van der Waals surface area contributed by atoms with Gasteiger partial charge in [0.05, 0.1) is 12.5 Å². The van der Waals surface area contributed by atoms with Gasteiger partial charge < -0.3 is 14.1 Å². The second-order valence-corrected chi connectivity index (χ2v) is 9.20. The molecule has 3 heterocycles. The number of nitrogens with zero attached hydrogens (tertiary/aromatic N) is 4. The Balaban J connectivity index is 1.40. The van der Waals surface area contributed by atoms with E-state index in [1.54, 1.807) is 6.07 Å². The molecule has 0 spiro atoms. The number of piperidine rings is 1. The summed E-state index contributed by atoms with van der Waals surface area (Å²) < 4.78 is 25.1. The third-order valence-electron chi connectivity index (χ3n) is 7.47. The first-order valence-corrected chi connectivity index (χ1v) is 11.2. The number of amides is 1. The van der Waals surface area contributed by atoms with E-state index < -0.39 is 5.82 Å². The number of fused-ring (bicyclic) bond motifs is 1. The zero-order valence-corrected chi connectivity index (χ0v) is 18.1. The SMILES string of the molecule is COc1ccc(C(=O)N2CC[C@]3(c4nnc(C)o4)CN(C4CCCC4)C[C@@H]3C2)cc1F. The molecule has 1 saturated carbocycles. The molecular weight excluding hydrogens is 399 g/mol. The van der Waals surface area contributed by atoms with Crippen molar-refractivity contribution >= 4 is 5.91 Å². The van der Waals surface area contributed by atoms with Gasteiger partial charge in [-0.2, -0.15) is 0 Å².